The van der Waals surface area contributed by atoms with Crippen LogP contribution in [0.3, 0.4) is 0 Å². The smallest absolute Gasteiger partial charge is 0.323 e. The molecule has 0 saturated heterocycles. The Labute approximate surface area is 114 Å². The van der Waals surface area contributed by atoms with Crippen molar-refractivity contribution in [3.63, 3.8) is 0 Å². The molecular formula is C9H14N5O5P. The van der Waals surface area contributed by atoms with Gasteiger partial charge in [-0.25, -0.2) is 15.0 Å². The van der Waals surface area contributed by atoms with Crippen molar-refractivity contribution in [2.45, 2.75) is 25.6 Å². The average molecular weight is 303 g/mol. The lowest BCUT2D eigenvalue weighted by atomic mass is 10.1. The van der Waals surface area contributed by atoms with E-state index in [1.807, 2.05) is 6.92 Å². The van der Waals surface area contributed by atoms with Gasteiger partial charge in [0.2, 0.25) is 5.79 Å². The lowest BCUT2D eigenvalue weighted by Crippen LogP contribution is -2.62. The van der Waals surface area contributed by atoms with Gasteiger partial charge in [-0.15, -0.1) is 0 Å². The number of hydroxylamine groups is 1. The predicted octanol–water partition coefficient (Wildman–Crippen LogP) is -0.892. The second kappa shape index (κ2) is 5.51. The van der Waals surface area contributed by atoms with Gasteiger partial charge >= 0.3 is 7.60 Å². The van der Waals surface area contributed by atoms with Crippen LogP contribution in [0.5, 0.6) is 0 Å². The van der Waals surface area contributed by atoms with E-state index in [0.29, 0.717) is 12.8 Å². The minimum atomic E-state index is -4.32. The Morgan fingerprint density at radius 1 is 1.55 bits per heavy atom. The van der Waals surface area contributed by atoms with Gasteiger partial charge in [0.15, 0.2) is 17.9 Å². The maximum absolute atomic E-state index is 11.9. The van der Waals surface area contributed by atoms with Crippen molar-refractivity contribution < 1.29 is 24.0 Å². The van der Waals surface area contributed by atoms with Crippen LogP contribution in [0.15, 0.2) is 15.0 Å². The molecule has 2 aliphatic heterocycles. The number of hydrogen-bond donors (Lipinski definition) is 4. The van der Waals surface area contributed by atoms with Gasteiger partial charge in [-0.1, -0.05) is 13.3 Å². The van der Waals surface area contributed by atoms with Gasteiger partial charge in [0.25, 0.3) is 5.91 Å². The van der Waals surface area contributed by atoms with Crippen molar-refractivity contribution in [3.05, 3.63) is 0 Å². The Hall–Kier alpha value is -1.45. The van der Waals surface area contributed by atoms with Crippen LogP contribution in [0.2, 0.25) is 0 Å². The monoisotopic (exact) mass is 303 g/mol. The number of nitrogens with one attached hydrogen (secondary N) is 2. The lowest BCUT2D eigenvalue weighted by Gasteiger charge is -2.33. The molecule has 10 nitrogen and oxygen atoms in total. The number of amides is 1. The molecule has 0 aromatic carbocycles. The zero-order valence-electron chi connectivity index (χ0n) is 10.6. The highest BCUT2D eigenvalue weighted by molar-refractivity contribution is 7.51. The van der Waals surface area contributed by atoms with Crippen LogP contribution in [0.25, 0.3) is 0 Å². The number of fused-ring (bicyclic) bond motifs is 1. The summed E-state index contributed by atoms with van der Waals surface area (Å²) in [6.45, 7) is 1.86. The summed E-state index contributed by atoms with van der Waals surface area (Å²) in [5, 5.41) is 2.56. The molecule has 0 spiro atoms. The number of aliphatic imine (C=N–C) groups is 3. The van der Waals surface area contributed by atoms with Gasteiger partial charge in [0, 0.05) is 6.42 Å². The Morgan fingerprint density at radius 3 is 2.95 bits per heavy atom. The van der Waals surface area contributed by atoms with E-state index in [1.165, 1.54) is 6.34 Å². The van der Waals surface area contributed by atoms with Crippen molar-refractivity contribution >= 4 is 31.4 Å². The molecule has 1 amide bonds. The van der Waals surface area contributed by atoms with E-state index < -0.39 is 25.6 Å². The van der Waals surface area contributed by atoms with Crippen molar-refractivity contribution in [1.82, 2.24) is 10.8 Å². The van der Waals surface area contributed by atoms with E-state index in [2.05, 4.69) is 25.8 Å². The van der Waals surface area contributed by atoms with Gasteiger partial charge in [-0.2, -0.15) is 5.48 Å². The molecule has 2 heterocycles. The second-order valence-corrected chi connectivity index (χ2v) is 5.85. The van der Waals surface area contributed by atoms with Crippen molar-refractivity contribution in [2.24, 2.45) is 15.0 Å². The topological polar surface area (TPSA) is 145 Å². The first-order chi connectivity index (χ1) is 9.35. The number of nitrogens with zero attached hydrogens (tertiary/aromatic N) is 3. The molecule has 0 bridgehead atoms. The van der Waals surface area contributed by atoms with E-state index in [1.54, 1.807) is 0 Å². The average Bonchev–Trinajstić information content (AvgIpc) is 2.75. The molecule has 1 unspecified atom stereocenters. The number of carbonyl (C=O) groups excluding carboxylic acids is 1. The van der Waals surface area contributed by atoms with Crippen LogP contribution in [0.1, 0.15) is 19.8 Å². The highest BCUT2D eigenvalue weighted by Gasteiger charge is 2.40. The van der Waals surface area contributed by atoms with Gasteiger partial charge in [0.1, 0.15) is 6.34 Å². The Bertz CT molecular complexity index is 553. The molecule has 4 N–H and O–H groups in total. The second-order valence-electron chi connectivity index (χ2n) is 4.26. The molecule has 0 saturated carbocycles. The Morgan fingerprint density at radius 2 is 2.30 bits per heavy atom. The minimum Gasteiger partial charge on any atom is -0.323 e. The molecule has 11 heteroatoms. The number of rotatable bonds is 6. The van der Waals surface area contributed by atoms with E-state index >= 15 is 0 Å². The molecule has 20 heavy (non-hydrogen) atoms. The summed E-state index contributed by atoms with van der Waals surface area (Å²) in [7, 11) is -4.32. The molecule has 1 atom stereocenters. The van der Waals surface area contributed by atoms with E-state index in [9.17, 15) is 9.36 Å². The van der Waals surface area contributed by atoms with Crippen molar-refractivity contribution in [1.29, 1.82) is 0 Å². The third-order valence-corrected chi connectivity index (χ3v) is 2.96. The predicted molar refractivity (Wildman–Crippen MR) is 70.3 cm³/mol. The van der Waals surface area contributed by atoms with Gasteiger partial charge < -0.3 is 15.1 Å². The third kappa shape index (κ3) is 3.35. The maximum Gasteiger partial charge on any atom is 0.353 e. The molecule has 0 fully saturated rings. The fourth-order valence-corrected chi connectivity index (χ4v) is 2.01. The van der Waals surface area contributed by atoms with Gasteiger partial charge in [0.05, 0.1) is 0 Å². The zero-order chi connectivity index (χ0) is 14.8. The third-order valence-electron chi connectivity index (χ3n) is 2.50. The first-order valence-electron chi connectivity index (χ1n) is 5.82. The van der Waals surface area contributed by atoms with Crippen LogP contribution < -0.4 is 10.8 Å². The highest BCUT2D eigenvalue weighted by atomic mass is 31.2. The number of carbonyl (C=O) groups is 1. The molecule has 2 rings (SSSR count). The standard InChI is InChI=1S/C9H14N5O5P/c1-2-3-9(14-19-5-20(16,17)18)12-7-6(8(15)13-9)10-4-11-7/h4,14H,2-3,5H2,1H3,(H,13,15)(H2,16,17,18). The highest BCUT2D eigenvalue weighted by Crippen LogP contribution is 2.33. The van der Waals surface area contributed by atoms with Crippen LogP contribution in [-0.4, -0.2) is 45.7 Å². The zero-order valence-corrected chi connectivity index (χ0v) is 11.5. The van der Waals surface area contributed by atoms with Crippen LogP contribution in [0.4, 0.5) is 0 Å². The SMILES string of the molecule is CCCC1(NOCP(=O)(O)O)N=C2N=CN=C2C(=O)N1. The first kappa shape index (κ1) is 14.9. The summed E-state index contributed by atoms with van der Waals surface area (Å²) >= 11 is 0. The summed E-state index contributed by atoms with van der Waals surface area (Å²) in [5.41, 5.74) is 2.50. The summed E-state index contributed by atoms with van der Waals surface area (Å²) < 4.78 is 10.7. The van der Waals surface area contributed by atoms with Gasteiger partial charge in [-0.3, -0.25) is 14.2 Å². The van der Waals surface area contributed by atoms with Crippen LogP contribution in [0, 0.1) is 0 Å². The molecule has 0 aromatic rings. The van der Waals surface area contributed by atoms with E-state index in [0.717, 1.165) is 0 Å². The van der Waals surface area contributed by atoms with E-state index in [4.69, 9.17) is 14.6 Å². The lowest BCUT2D eigenvalue weighted by molar-refractivity contribution is -0.120. The summed E-state index contributed by atoms with van der Waals surface area (Å²) in [6.07, 6.45) is 1.38. The quantitative estimate of drug-likeness (QED) is 0.370. The fraction of sp³-hybridized carbons (Fsp3) is 0.556. The van der Waals surface area contributed by atoms with Crippen molar-refractivity contribution in [2.75, 3.05) is 6.35 Å². The normalized spacial score (nSPS) is 25.1. The minimum absolute atomic E-state index is 0.105. The molecular weight excluding hydrogens is 289 g/mol. The van der Waals surface area contributed by atoms with E-state index in [-0.39, 0.29) is 11.5 Å². The molecule has 2 aliphatic rings. The van der Waals surface area contributed by atoms with Crippen molar-refractivity contribution in [3.8, 4) is 0 Å². The van der Waals surface area contributed by atoms with Gasteiger partial charge in [-0.05, 0) is 0 Å². The Kier molecular flexibility index (Phi) is 4.11. The molecule has 0 radical (unpaired) electrons. The number of amidine groups is 1. The maximum atomic E-state index is 11.9. The van der Waals surface area contributed by atoms with Crippen LogP contribution >= 0.6 is 7.60 Å². The molecule has 110 valence electrons. The molecule has 0 aromatic heterocycles. The summed E-state index contributed by atoms with van der Waals surface area (Å²) in [4.78, 5) is 46.0. The molecule has 0 aliphatic carbocycles. The number of hydrogen-bond acceptors (Lipinski definition) is 7. The Balaban J connectivity index is 2.16. The first-order valence-corrected chi connectivity index (χ1v) is 7.61. The fourth-order valence-electron chi connectivity index (χ4n) is 1.77. The largest absolute Gasteiger partial charge is 0.353 e. The van der Waals surface area contributed by atoms with Crippen LogP contribution in [-0.2, 0) is 14.2 Å². The summed E-state index contributed by atoms with van der Waals surface area (Å²) in [5.74, 6) is -1.63. The summed E-state index contributed by atoms with van der Waals surface area (Å²) in [6, 6.07) is 0.